The third-order valence-electron chi connectivity index (χ3n) is 8.53. The van der Waals surface area contributed by atoms with Crippen LogP contribution in [-0.2, 0) is 11.8 Å². The van der Waals surface area contributed by atoms with E-state index in [1.54, 1.807) is 24.3 Å². The van der Waals surface area contributed by atoms with Crippen molar-refractivity contribution in [1.82, 2.24) is 10.2 Å². The fourth-order valence-corrected chi connectivity index (χ4v) is 6.63. The first-order valence-corrected chi connectivity index (χ1v) is 13.3. The molecule has 0 bridgehead atoms. The number of likely N-dealkylation sites (tertiary alicyclic amines) is 1. The van der Waals surface area contributed by atoms with Crippen molar-refractivity contribution < 1.29 is 9.59 Å². The van der Waals surface area contributed by atoms with Gasteiger partial charge in [0.2, 0.25) is 11.8 Å². The van der Waals surface area contributed by atoms with Gasteiger partial charge in [-0.15, -0.1) is 5.11 Å². The number of fused-ring (bicyclic) bond motifs is 3. The summed E-state index contributed by atoms with van der Waals surface area (Å²) in [5, 5.41) is 29.6. The van der Waals surface area contributed by atoms with Crippen molar-refractivity contribution in [2.75, 3.05) is 6.54 Å². The van der Waals surface area contributed by atoms with Crippen LogP contribution in [0.5, 0.6) is 0 Å². The van der Waals surface area contributed by atoms with Gasteiger partial charge >= 0.3 is 0 Å². The average molecular weight is 540 g/mol. The van der Waals surface area contributed by atoms with Gasteiger partial charge in [0.05, 0.1) is 11.5 Å². The summed E-state index contributed by atoms with van der Waals surface area (Å²) in [5.41, 5.74) is 14.7. The summed E-state index contributed by atoms with van der Waals surface area (Å²) in [6.45, 7) is 6.76. The zero-order valence-electron chi connectivity index (χ0n) is 22.4. The number of piperidine rings is 1. The van der Waals surface area contributed by atoms with Gasteiger partial charge in [-0.3, -0.25) is 15.0 Å². The Kier molecular flexibility index (Phi) is 6.89. The summed E-state index contributed by atoms with van der Waals surface area (Å²) >= 11 is 0. The molecule has 1 saturated carbocycles. The number of amidine groups is 1. The van der Waals surface area contributed by atoms with E-state index >= 15 is 0 Å². The predicted molar refractivity (Wildman–Crippen MR) is 149 cm³/mol. The summed E-state index contributed by atoms with van der Waals surface area (Å²) in [6, 6.07) is 12.8. The minimum Gasteiger partial charge on any atom is -0.366 e. The molecule has 5 rings (SSSR count). The van der Waals surface area contributed by atoms with E-state index < -0.39 is 17.2 Å². The van der Waals surface area contributed by atoms with Gasteiger partial charge in [-0.25, -0.2) is 0 Å². The monoisotopic (exact) mass is 539 g/mol. The fraction of sp³-hybridized carbons (Fsp3) is 0.379. The number of benzene rings is 2. The lowest BCUT2D eigenvalue weighted by molar-refractivity contribution is 0.0992. The topological polar surface area (TPSA) is 200 Å². The Labute approximate surface area is 232 Å². The molecule has 40 heavy (non-hydrogen) atoms. The first-order valence-electron chi connectivity index (χ1n) is 13.3. The van der Waals surface area contributed by atoms with Crippen LogP contribution in [0.15, 0.2) is 59.0 Å². The first kappa shape index (κ1) is 27.0. The highest BCUT2D eigenvalue weighted by Gasteiger charge is 2.52. The van der Waals surface area contributed by atoms with Crippen molar-refractivity contribution in [3.05, 3.63) is 82.1 Å². The molecule has 0 spiro atoms. The number of primary amides is 2. The number of carbonyl (C=O) groups excluding carboxylic acids is 2. The molecular weight excluding hydrogens is 506 g/mol. The van der Waals surface area contributed by atoms with Crippen molar-refractivity contribution in [2.24, 2.45) is 33.6 Å². The number of amides is 2. The van der Waals surface area contributed by atoms with Gasteiger partial charge in [-0.2, -0.15) is 5.26 Å². The van der Waals surface area contributed by atoms with Gasteiger partial charge in [0.1, 0.15) is 6.04 Å². The molecule has 1 aliphatic heterocycles. The van der Waals surface area contributed by atoms with E-state index in [2.05, 4.69) is 33.2 Å². The van der Waals surface area contributed by atoms with Gasteiger partial charge in [0, 0.05) is 35.5 Å². The fourth-order valence-electron chi connectivity index (χ4n) is 6.63. The molecule has 2 amide bonds. The molecule has 11 nitrogen and oxygen atoms in total. The predicted octanol–water partition coefficient (Wildman–Crippen LogP) is 2.25. The van der Waals surface area contributed by atoms with E-state index in [1.165, 1.54) is 0 Å². The Morgan fingerprint density at radius 1 is 1.18 bits per heavy atom. The lowest BCUT2D eigenvalue weighted by Crippen LogP contribution is -2.46. The molecule has 4 atom stereocenters. The first-order chi connectivity index (χ1) is 19.1. The highest BCUT2D eigenvalue weighted by atomic mass is 16.1. The van der Waals surface area contributed by atoms with E-state index in [-0.39, 0.29) is 17.9 Å². The maximum absolute atomic E-state index is 12.0. The summed E-state index contributed by atoms with van der Waals surface area (Å²) in [5.74, 6) is 4.82. The van der Waals surface area contributed by atoms with Crippen molar-refractivity contribution in [3.63, 3.8) is 0 Å². The van der Waals surface area contributed by atoms with Crippen molar-refractivity contribution in [1.29, 1.82) is 10.7 Å². The normalized spacial score (nSPS) is 22.5. The Bertz CT molecular complexity index is 1430. The maximum atomic E-state index is 12.0. The molecule has 11 heteroatoms. The van der Waals surface area contributed by atoms with Crippen LogP contribution >= 0.6 is 0 Å². The quantitative estimate of drug-likeness (QED) is 0.106. The molecule has 2 fully saturated rings. The Hall–Kier alpha value is -4.56. The van der Waals surface area contributed by atoms with Crippen LogP contribution in [0.4, 0.5) is 0 Å². The van der Waals surface area contributed by atoms with E-state index in [4.69, 9.17) is 22.7 Å². The Morgan fingerprint density at radius 2 is 1.77 bits per heavy atom. The van der Waals surface area contributed by atoms with Gasteiger partial charge in [0.15, 0.2) is 5.84 Å². The van der Waals surface area contributed by atoms with Crippen LogP contribution in [0.1, 0.15) is 69.2 Å². The summed E-state index contributed by atoms with van der Waals surface area (Å²) in [4.78, 5) is 26.2. The lowest BCUT2D eigenvalue weighted by atomic mass is 9.62. The van der Waals surface area contributed by atoms with Crippen LogP contribution in [0, 0.1) is 22.7 Å². The molecular formula is C29H33N9O2. The number of rotatable bonds is 9. The molecule has 3 aliphatic rings. The maximum Gasteiger partial charge on any atom is 0.248 e. The van der Waals surface area contributed by atoms with E-state index in [9.17, 15) is 14.9 Å². The number of nitrogens with one attached hydrogen (secondary N) is 2. The molecule has 206 valence electrons. The zero-order valence-corrected chi connectivity index (χ0v) is 22.4. The van der Waals surface area contributed by atoms with Gasteiger partial charge in [-0.1, -0.05) is 23.9 Å². The number of nitriles is 1. The van der Waals surface area contributed by atoms with Crippen molar-refractivity contribution in [3.8, 4) is 6.07 Å². The van der Waals surface area contributed by atoms with E-state index in [1.807, 2.05) is 19.1 Å². The zero-order chi connectivity index (χ0) is 28.8. The molecule has 2 unspecified atom stereocenters. The smallest absolute Gasteiger partial charge is 0.248 e. The SMILES string of the molecule is C=C(CN[C@@H](C)CC1(C(=N)N=NN)c2ccc(C(N)=O)cc2Cc2cc(C(N)=O)ccc21)N1C(C#N)C[C@@H]2CC21. The van der Waals surface area contributed by atoms with Crippen LogP contribution in [-0.4, -0.2) is 47.2 Å². The van der Waals surface area contributed by atoms with Crippen molar-refractivity contribution in [2.45, 2.75) is 56.1 Å². The second-order valence-electron chi connectivity index (χ2n) is 11.0. The molecule has 2 aliphatic carbocycles. The van der Waals surface area contributed by atoms with Crippen molar-refractivity contribution >= 4 is 17.6 Å². The molecule has 2 aromatic rings. The van der Waals surface area contributed by atoms with Gasteiger partial charge in [-0.05, 0) is 85.0 Å². The molecule has 1 saturated heterocycles. The van der Waals surface area contributed by atoms with Gasteiger partial charge < -0.3 is 27.5 Å². The minimum absolute atomic E-state index is 0.0757. The number of nitrogens with two attached hydrogens (primary N) is 3. The Morgan fingerprint density at radius 3 is 2.30 bits per heavy atom. The molecule has 0 radical (unpaired) electrons. The standard InChI is InChI=1S/C29H33N9O2/c1-15(35-14-16(2)38-22(13-30)10-21-11-25(21)38)12-29(28(33)36-37-34)23-5-3-17(26(31)39)7-19(23)9-20-8-18(27(32)40)4-6-24(20)29/h3-8,15,21-22,25,35H,2,9-12,14H2,1H3,(H2,31,39)(H2,32,40)(H3,33,34,36)/t15-,21+,22?,25?/m0/s1. The molecule has 1 heterocycles. The van der Waals surface area contributed by atoms with Gasteiger partial charge in [0.25, 0.3) is 0 Å². The Balaban J connectivity index is 1.53. The summed E-state index contributed by atoms with van der Waals surface area (Å²) in [6.07, 6.45) is 2.78. The molecule has 2 aromatic carbocycles. The number of hydrogen-bond donors (Lipinski definition) is 5. The van der Waals surface area contributed by atoms with Crippen LogP contribution < -0.4 is 22.6 Å². The average Bonchev–Trinajstić information content (AvgIpc) is 3.59. The number of nitrogens with zero attached hydrogens (tertiary/aromatic N) is 4. The van der Waals surface area contributed by atoms with E-state index in [0.29, 0.717) is 42.5 Å². The largest absolute Gasteiger partial charge is 0.366 e. The second kappa shape index (κ2) is 10.2. The third kappa shape index (κ3) is 4.50. The molecule has 0 aromatic heterocycles. The second-order valence-corrected chi connectivity index (χ2v) is 11.0. The minimum atomic E-state index is -1.10. The number of hydrogen-bond acceptors (Lipinski definition) is 7. The highest BCUT2D eigenvalue weighted by Crippen LogP contribution is 2.49. The summed E-state index contributed by atoms with van der Waals surface area (Å²) in [7, 11) is 0. The summed E-state index contributed by atoms with van der Waals surface area (Å²) < 4.78 is 0. The molecule has 8 N–H and O–H groups in total. The number of carbonyl (C=O) groups is 2. The van der Waals surface area contributed by atoms with Crippen LogP contribution in [0.25, 0.3) is 0 Å². The van der Waals surface area contributed by atoms with Crippen LogP contribution in [0.2, 0.25) is 0 Å². The van der Waals surface area contributed by atoms with E-state index in [0.717, 1.165) is 40.8 Å². The third-order valence-corrected chi connectivity index (χ3v) is 8.53. The lowest BCUT2D eigenvalue weighted by Gasteiger charge is -2.42. The highest BCUT2D eigenvalue weighted by molar-refractivity contribution is 5.99. The van der Waals surface area contributed by atoms with Crippen LogP contribution in [0.3, 0.4) is 0 Å².